The fourth-order valence-electron chi connectivity index (χ4n) is 2.91. The third-order valence-electron chi connectivity index (χ3n) is 4.26. The van der Waals surface area contributed by atoms with Crippen molar-refractivity contribution in [3.63, 3.8) is 0 Å². The van der Waals surface area contributed by atoms with Gasteiger partial charge < -0.3 is 20.3 Å². The molecule has 2 aromatic rings. The zero-order chi connectivity index (χ0) is 18.4. The van der Waals surface area contributed by atoms with Gasteiger partial charge in [-0.1, -0.05) is 30.3 Å². The summed E-state index contributed by atoms with van der Waals surface area (Å²) < 4.78 is 5.08. The summed E-state index contributed by atoms with van der Waals surface area (Å²) in [6, 6.07) is 15.7. The van der Waals surface area contributed by atoms with Crippen LogP contribution >= 0.6 is 0 Å². The van der Waals surface area contributed by atoms with E-state index in [1.807, 2.05) is 79.3 Å². The van der Waals surface area contributed by atoms with E-state index < -0.39 is 0 Å². The molecule has 1 unspecified atom stereocenters. The van der Waals surface area contributed by atoms with Crippen LogP contribution in [-0.2, 0) is 16.1 Å². The minimum absolute atomic E-state index is 0.0500. The first-order valence-corrected chi connectivity index (χ1v) is 8.33. The van der Waals surface area contributed by atoms with E-state index in [0.717, 1.165) is 16.8 Å². The monoisotopic (exact) mass is 341 g/mol. The average Bonchev–Trinajstić information content (AvgIpc) is 2.59. The Bertz CT molecular complexity index is 701. The van der Waals surface area contributed by atoms with Crippen LogP contribution in [0.3, 0.4) is 0 Å². The van der Waals surface area contributed by atoms with Crippen molar-refractivity contribution >= 4 is 17.3 Å². The second-order valence-corrected chi connectivity index (χ2v) is 6.32. The lowest BCUT2D eigenvalue weighted by atomic mass is 10.0. The number of nitrogens with two attached hydrogens (primary N) is 1. The molecule has 0 aliphatic carbocycles. The fourth-order valence-corrected chi connectivity index (χ4v) is 2.91. The molecule has 0 aliphatic rings. The third-order valence-corrected chi connectivity index (χ3v) is 4.26. The minimum Gasteiger partial charge on any atom is -0.399 e. The zero-order valence-corrected chi connectivity index (χ0v) is 15.4. The predicted octanol–water partition coefficient (Wildman–Crippen LogP) is 3.07. The second kappa shape index (κ2) is 8.53. The Balaban J connectivity index is 2.37. The van der Waals surface area contributed by atoms with Crippen LogP contribution in [0.15, 0.2) is 48.5 Å². The summed E-state index contributed by atoms with van der Waals surface area (Å²) in [5, 5.41) is 0. The minimum atomic E-state index is -0.0692. The van der Waals surface area contributed by atoms with E-state index in [-0.39, 0.29) is 18.6 Å². The average molecular weight is 341 g/mol. The van der Waals surface area contributed by atoms with Gasteiger partial charge in [0, 0.05) is 39.1 Å². The van der Waals surface area contributed by atoms with Crippen molar-refractivity contribution in [2.75, 3.05) is 38.4 Å². The molecular formula is C20H27N3O2. The highest BCUT2D eigenvalue weighted by molar-refractivity contribution is 5.78. The number of nitrogens with zero attached hydrogens (tertiary/aromatic N) is 2. The predicted molar refractivity (Wildman–Crippen MR) is 102 cm³/mol. The Morgan fingerprint density at radius 3 is 2.44 bits per heavy atom. The Morgan fingerprint density at radius 1 is 1.16 bits per heavy atom. The van der Waals surface area contributed by atoms with E-state index in [1.54, 1.807) is 0 Å². The number of hydrogen-bond donors (Lipinski definition) is 1. The number of methoxy groups -OCH3 is 1. The number of benzene rings is 2. The Morgan fingerprint density at radius 2 is 1.84 bits per heavy atom. The maximum absolute atomic E-state index is 12.7. The molecule has 0 fully saturated rings. The smallest absolute Gasteiger partial charge is 0.249 e. The van der Waals surface area contributed by atoms with Gasteiger partial charge in [-0.15, -0.1) is 0 Å². The first kappa shape index (κ1) is 18.8. The highest BCUT2D eigenvalue weighted by atomic mass is 16.5. The molecule has 0 bridgehead atoms. The number of nitrogen functional groups attached to an aromatic ring is 1. The van der Waals surface area contributed by atoms with Gasteiger partial charge >= 0.3 is 0 Å². The topological polar surface area (TPSA) is 58.8 Å². The molecule has 5 heteroatoms. The van der Waals surface area contributed by atoms with Gasteiger partial charge in [0.15, 0.2) is 0 Å². The Kier molecular flexibility index (Phi) is 6.42. The number of anilines is 2. The summed E-state index contributed by atoms with van der Waals surface area (Å²) in [5.41, 5.74) is 9.81. The van der Waals surface area contributed by atoms with E-state index >= 15 is 0 Å². The second-order valence-electron chi connectivity index (χ2n) is 6.32. The van der Waals surface area contributed by atoms with E-state index in [9.17, 15) is 4.79 Å². The molecule has 1 atom stereocenters. The highest BCUT2D eigenvalue weighted by Gasteiger charge is 2.23. The normalized spacial score (nSPS) is 11.8. The number of amides is 1. The van der Waals surface area contributed by atoms with Crippen molar-refractivity contribution in [3.8, 4) is 0 Å². The van der Waals surface area contributed by atoms with Crippen LogP contribution in [0.1, 0.15) is 24.1 Å². The molecule has 2 N–H and O–H groups in total. The molecule has 0 aromatic heterocycles. The molecule has 0 saturated carbocycles. The number of carbonyl (C=O) groups excluding carboxylic acids is 1. The Hall–Kier alpha value is -2.53. The van der Waals surface area contributed by atoms with Gasteiger partial charge in [0.1, 0.15) is 6.61 Å². The molecule has 0 heterocycles. The first-order chi connectivity index (χ1) is 11.9. The van der Waals surface area contributed by atoms with E-state index in [4.69, 9.17) is 10.5 Å². The summed E-state index contributed by atoms with van der Waals surface area (Å²) >= 11 is 0. The van der Waals surface area contributed by atoms with E-state index in [0.29, 0.717) is 12.2 Å². The fraction of sp³-hybridized carbons (Fsp3) is 0.350. The van der Waals surface area contributed by atoms with Gasteiger partial charge in [-0.2, -0.15) is 0 Å². The van der Waals surface area contributed by atoms with Gasteiger partial charge in [0.25, 0.3) is 0 Å². The van der Waals surface area contributed by atoms with Gasteiger partial charge in [-0.3, -0.25) is 4.79 Å². The summed E-state index contributed by atoms with van der Waals surface area (Å²) in [6.07, 6.45) is 0. The van der Waals surface area contributed by atoms with Crippen LogP contribution in [0.5, 0.6) is 0 Å². The summed E-state index contributed by atoms with van der Waals surface area (Å²) in [4.78, 5) is 16.5. The quantitative estimate of drug-likeness (QED) is 0.786. The lowest BCUT2D eigenvalue weighted by molar-refractivity contribution is -0.138. The van der Waals surface area contributed by atoms with Crippen molar-refractivity contribution in [1.82, 2.24) is 4.90 Å². The van der Waals surface area contributed by atoms with Crippen LogP contribution in [0.4, 0.5) is 11.4 Å². The SMILES string of the molecule is COCC(=O)N(Cc1cc(N)ccc1N(C)C)C(C)c1ccccc1. The maximum atomic E-state index is 12.7. The van der Waals surface area contributed by atoms with Crippen molar-refractivity contribution in [2.24, 2.45) is 0 Å². The summed E-state index contributed by atoms with van der Waals surface area (Å²) in [7, 11) is 5.50. The molecule has 0 radical (unpaired) electrons. The molecule has 134 valence electrons. The molecule has 0 spiro atoms. The molecule has 0 aliphatic heterocycles. The molecule has 25 heavy (non-hydrogen) atoms. The Labute approximate surface area is 150 Å². The zero-order valence-electron chi connectivity index (χ0n) is 15.4. The lowest BCUT2D eigenvalue weighted by Crippen LogP contribution is -2.36. The third kappa shape index (κ3) is 4.73. The number of hydrogen-bond acceptors (Lipinski definition) is 4. The van der Waals surface area contributed by atoms with Crippen LogP contribution < -0.4 is 10.6 Å². The maximum Gasteiger partial charge on any atom is 0.249 e. The number of rotatable bonds is 7. The van der Waals surface area contributed by atoms with Gasteiger partial charge in [0.05, 0.1) is 6.04 Å². The van der Waals surface area contributed by atoms with Crippen molar-refractivity contribution in [1.29, 1.82) is 0 Å². The van der Waals surface area contributed by atoms with Crippen molar-refractivity contribution < 1.29 is 9.53 Å². The summed E-state index contributed by atoms with van der Waals surface area (Å²) in [6.45, 7) is 2.55. The number of carbonyl (C=O) groups is 1. The molecule has 2 rings (SSSR count). The van der Waals surface area contributed by atoms with Crippen LogP contribution in [0.2, 0.25) is 0 Å². The number of ether oxygens (including phenoxy) is 1. The van der Waals surface area contributed by atoms with Gasteiger partial charge in [-0.25, -0.2) is 0 Å². The van der Waals surface area contributed by atoms with Gasteiger partial charge in [0.2, 0.25) is 5.91 Å². The summed E-state index contributed by atoms with van der Waals surface area (Å²) in [5.74, 6) is -0.0500. The van der Waals surface area contributed by atoms with E-state index in [2.05, 4.69) is 0 Å². The molecule has 5 nitrogen and oxygen atoms in total. The molecule has 0 saturated heterocycles. The standard InChI is InChI=1S/C20H27N3O2/c1-15(16-8-6-5-7-9-16)23(20(24)14-25-4)13-17-12-18(21)10-11-19(17)22(2)3/h5-12,15H,13-14,21H2,1-4H3. The molecule has 1 amide bonds. The van der Waals surface area contributed by atoms with Crippen molar-refractivity contribution in [3.05, 3.63) is 59.7 Å². The van der Waals surface area contributed by atoms with Crippen LogP contribution in [-0.4, -0.2) is 38.6 Å². The van der Waals surface area contributed by atoms with Crippen LogP contribution in [0.25, 0.3) is 0 Å². The van der Waals surface area contributed by atoms with Crippen molar-refractivity contribution in [2.45, 2.75) is 19.5 Å². The molecular weight excluding hydrogens is 314 g/mol. The lowest BCUT2D eigenvalue weighted by Gasteiger charge is -2.31. The van der Waals surface area contributed by atoms with Gasteiger partial charge in [-0.05, 0) is 36.2 Å². The van der Waals surface area contributed by atoms with Crippen LogP contribution in [0, 0.1) is 0 Å². The highest BCUT2D eigenvalue weighted by Crippen LogP contribution is 2.28. The molecule has 2 aromatic carbocycles. The van der Waals surface area contributed by atoms with E-state index in [1.165, 1.54) is 7.11 Å². The first-order valence-electron chi connectivity index (χ1n) is 8.33. The largest absolute Gasteiger partial charge is 0.399 e.